The lowest BCUT2D eigenvalue weighted by molar-refractivity contribution is -0.137. The fourth-order valence-corrected chi connectivity index (χ4v) is 2.28. The summed E-state index contributed by atoms with van der Waals surface area (Å²) >= 11 is 0. The normalized spacial score (nSPS) is 15.2. The average molecular weight is 349 g/mol. The van der Waals surface area contributed by atoms with Crippen LogP contribution in [-0.4, -0.2) is 20.9 Å². The number of aromatic hydroxyl groups is 1. The van der Waals surface area contributed by atoms with E-state index in [0.29, 0.717) is 16.3 Å². The second kappa shape index (κ2) is 5.93. The van der Waals surface area contributed by atoms with E-state index in [2.05, 4.69) is 4.99 Å². The van der Waals surface area contributed by atoms with Gasteiger partial charge in [0.15, 0.2) is 0 Å². The Labute approximate surface area is 137 Å². The minimum Gasteiger partial charge on any atom is -0.494 e. The Hall–Kier alpha value is -3.36. The number of allylic oxidation sites excluding steroid dienone is 2. The van der Waals surface area contributed by atoms with Gasteiger partial charge in [0.1, 0.15) is 5.56 Å². The Kier molecular flexibility index (Phi) is 3.91. The van der Waals surface area contributed by atoms with Gasteiger partial charge in [-0.05, 0) is 36.4 Å². The van der Waals surface area contributed by atoms with E-state index >= 15 is 0 Å². The standard InChI is InChI=1S/C16H10F3N3O3/c17-16(18,19)9-3-1-5-11(7-9)22-14(24)12(13(23)21-15(22)25)8-10-4-2-6-20-10/h1-8,24H,(H,21,23,25). The maximum absolute atomic E-state index is 12.9. The molecule has 9 heteroatoms. The van der Waals surface area contributed by atoms with Gasteiger partial charge in [0, 0.05) is 6.21 Å². The molecule has 0 unspecified atom stereocenters. The van der Waals surface area contributed by atoms with Crippen LogP contribution < -0.4 is 11.2 Å². The van der Waals surface area contributed by atoms with Crippen LogP contribution in [0.25, 0.3) is 11.8 Å². The summed E-state index contributed by atoms with van der Waals surface area (Å²) in [4.78, 5) is 29.8. The first kappa shape index (κ1) is 16.5. The minimum absolute atomic E-state index is 0.237. The Balaban J connectivity index is 2.23. The molecular formula is C16H10F3N3O3. The molecule has 0 fully saturated rings. The molecule has 0 amide bonds. The number of hydrogen-bond donors (Lipinski definition) is 2. The van der Waals surface area contributed by atoms with Crippen molar-refractivity contribution in [2.45, 2.75) is 6.18 Å². The number of benzene rings is 1. The third-order valence-corrected chi connectivity index (χ3v) is 3.42. The van der Waals surface area contributed by atoms with E-state index in [1.165, 1.54) is 18.4 Å². The summed E-state index contributed by atoms with van der Waals surface area (Å²) in [6.07, 6.45) is 1.21. The molecule has 0 atom stereocenters. The highest BCUT2D eigenvalue weighted by atomic mass is 19.4. The third kappa shape index (κ3) is 3.16. The van der Waals surface area contributed by atoms with Gasteiger partial charge in [-0.2, -0.15) is 13.2 Å². The van der Waals surface area contributed by atoms with E-state index in [4.69, 9.17) is 0 Å². The SMILES string of the molecule is O=c1[nH]c(=O)n(-c2cccc(C(F)(F)F)c2)c(O)c1C=C1C=CC=N1. The second-order valence-corrected chi connectivity index (χ2v) is 5.09. The molecule has 2 aromatic rings. The van der Waals surface area contributed by atoms with E-state index in [1.807, 2.05) is 4.98 Å². The number of aliphatic imine (C=N–C) groups is 1. The van der Waals surface area contributed by atoms with E-state index in [0.717, 1.165) is 12.1 Å². The zero-order valence-corrected chi connectivity index (χ0v) is 12.4. The molecular weight excluding hydrogens is 339 g/mol. The molecule has 1 aliphatic heterocycles. The van der Waals surface area contributed by atoms with Crippen molar-refractivity contribution in [3.63, 3.8) is 0 Å². The molecule has 1 aromatic heterocycles. The zero-order chi connectivity index (χ0) is 18.2. The zero-order valence-electron chi connectivity index (χ0n) is 12.4. The predicted molar refractivity (Wildman–Crippen MR) is 84.9 cm³/mol. The molecule has 0 radical (unpaired) electrons. The lowest BCUT2D eigenvalue weighted by Gasteiger charge is -2.12. The smallest absolute Gasteiger partial charge is 0.416 e. The fourth-order valence-electron chi connectivity index (χ4n) is 2.28. The van der Waals surface area contributed by atoms with Crippen LogP contribution in [0.3, 0.4) is 0 Å². The summed E-state index contributed by atoms with van der Waals surface area (Å²) in [5.74, 6) is -0.781. The van der Waals surface area contributed by atoms with Crippen LogP contribution in [0.2, 0.25) is 0 Å². The Morgan fingerprint density at radius 3 is 2.64 bits per heavy atom. The largest absolute Gasteiger partial charge is 0.494 e. The van der Waals surface area contributed by atoms with Crippen molar-refractivity contribution in [3.05, 3.63) is 74.1 Å². The van der Waals surface area contributed by atoms with Crippen molar-refractivity contribution >= 4 is 12.3 Å². The summed E-state index contributed by atoms with van der Waals surface area (Å²) < 4.78 is 39.2. The Morgan fingerprint density at radius 2 is 2.00 bits per heavy atom. The van der Waals surface area contributed by atoms with Crippen molar-refractivity contribution in [1.82, 2.24) is 9.55 Å². The highest BCUT2D eigenvalue weighted by molar-refractivity contribution is 5.79. The molecule has 3 rings (SSSR count). The minimum atomic E-state index is -4.62. The van der Waals surface area contributed by atoms with Crippen LogP contribution in [-0.2, 0) is 6.18 Å². The molecule has 1 aromatic carbocycles. The quantitative estimate of drug-likeness (QED) is 0.872. The van der Waals surface area contributed by atoms with E-state index < -0.39 is 28.9 Å². The molecule has 128 valence electrons. The summed E-state index contributed by atoms with van der Waals surface area (Å²) in [5.41, 5.74) is -3.13. The van der Waals surface area contributed by atoms with Gasteiger partial charge < -0.3 is 5.11 Å². The lowest BCUT2D eigenvalue weighted by Crippen LogP contribution is -2.30. The van der Waals surface area contributed by atoms with Gasteiger partial charge in [-0.15, -0.1) is 0 Å². The molecule has 0 bridgehead atoms. The highest BCUT2D eigenvalue weighted by Gasteiger charge is 2.31. The number of nitrogens with zero attached hydrogens (tertiary/aromatic N) is 2. The van der Waals surface area contributed by atoms with Crippen LogP contribution in [0.4, 0.5) is 13.2 Å². The Bertz CT molecular complexity index is 1030. The number of rotatable bonds is 2. The average Bonchev–Trinajstić information content (AvgIpc) is 3.04. The maximum atomic E-state index is 12.9. The summed E-state index contributed by atoms with van der Waals surface area (Å²) in [6, 6.07) is 3.83. The lowest BCUT2D eigenvalue weighted by atomic mass is 10.2. The molecule has 0 saturated carbocycles. The van der Waals surface area contributed by atoms with Crippen molar-refractivity contribution in [3.8, 4) is 11.6 Å². The van der Waals surface area contributed by atoms with Gasteiger partial charge in [-0.3, -0.25) is 14.8 Å². The number of hydrogen-bond acceptors (Lipinski definition) is 4. The number of H-pyrrole nitrogens is 1. The van der Waals surface area contributed by atoms with E-state index in [9.17, 15) is 27.9 Å². The summed E-state index contributed by atoms with van der Waals surface area (Å²) in [6.45, 7) is 0. The topological polar surface area (TPSA) is 87.5 Å². The monoisotopic (exact) mass is 349 g/mol. The number of aromatic amines is 1. The van der Waals surface area contributed by atoms with Crippen LogP contribution in [0.15, 0.2) is 56.7 Å². The third-order valence-electron chi connectivity index (χ3n) is 3.42. The van der Waals surface area contributed by atoms with Crippen molar-refractivity contribution in [2.75, 3.05) is 0 Å². The number of aromatic nitrogens is 2. The van der Waals surface area contributed by atoms with Crippen molar-refractivity contribution in [2.24, 2.45) is 4.99 Å². The van der Waals surface area contributed by atoms with Crippen LogP contribution in [0.5, 0.6) is 5.88 Å². The first-order valence-corrected chi connectivity index (χ1v) is 6.96. The molecule has 2 N–H and O–H groups in total. The number of nitrogens with one attached hydrogen (secondary N) is 1. The molecule has 0 saturated heterocycles. The van der Waals surface area contributed by atoms with Crippen LogP contribution >= 0.6 is 0 Å². The first-order valence-electron chi connectivity index (χ1n) is 6.96. The molecule has 2 heterocycles. The van der Waals surface area contributed by atoms with Crippen LogP contribution in [0, 0.1) is 0 Å². The molecule has 1 aliphatic rings. The summed E-state index contributed by atoms with van der Waals surface area (Å²) in [5, 5.41) is 10.3. The van der Waals surface area contributed by atoms with Gasteiger partial charge in [0.05, 0.1) is 16.9 Å². The van der Waals surface area contributed by atoms with Crippen LogP contribution in [0.1, 0.15) is 11.1 Å². The van der Waals surface area contributed by atoms with Gasteiger partial charge >= 0.3 is 11.9 Å². The van der Waals surface area contributed by atoms with Gasteiger partial charge in [-0.1, -0.05) is 6.07 Å². The van der Waals surface area contributed by atoms with Gasteiger partial charge in [0.2, 0.25) is 5.88 Å². The predicted octanol–water partition coefficient (Wildman–Crippen LogP) is 2.23. The first-order chi connectivity index (χ1) is 11.8. The van der Waals surface area contributed by atoms with Crippen molar-refractivity contribution < 1.29 is 18.3 Å². The molecule has 6 nitrogen and oxygen atoms in total. The maximum Gasteiger partial charge on any atom is 0.416 e. The fraction of sp³-hybridized carbons (Fsp3) is 0.0625. The van der Waals surface area contributed by atoms with Gasteiger partial charge in [0.25, 0.3) is 5.56 Å². The Morgan fingerprint density at radius 1 is 1.24 bits per heavy atom. The highest BCUT2D eigenvalue weighted by Crippen LogP contribution is 2.31. The number of alkyl halides is 3. The van der Waals surface area contributed by atoms with Gasteiger partial charge in [-0.25, -0.2) is 9.36 Å². The molecule has 0 aliphatic carbocycles. The second-order valence-electron chi connectivity index (χ2n) is 5.09. The molecule has 0 spiro atoms. The summed E-state index contributed by atoms with van der Waals surface area (Å²) in [7, 11) is 0. The number of halogens is 3. The van der Waals surface area contributed by atoms with E-state index in [1.54, 1.807) is 12.2 Å². The van der Waals surface area contributed by atoms with E-state index in [-0.39, 0.29) is 11.3 Å². The molecule has 25 heavy (non-hydrogen) atoms. The van der Waals surface area contributed by atoms with Crippen molar-refractivity contribution in [1.29, 1.82) is 0 Å².